The van der Waals surface area contributed by atoms with E-state index in [2.05, 4.69) is 6.92 Å². The molecule has 0 spiro atoms. The second-order valence-corrected chi connectivity index (χ2v) is 5.04. The summed E-state index contributed by atoms with van der Waals surface area (Å²) in [6.45, 7) is 4.12. The third-order valence-corrected chi connectivity index (χ3v) is 3.67. The van der Waals surface area contributed by atoms with Gasteiger partial charge in [0, 0.05) is 11.3 Å². The molecule has 0 amide bonds. The Morgan fingerprint density at radius 3 is 1.74 bits per heavy atom. The van der Waals surface area contributed by atoms with Crippen LogP contribution in [0, 0.1) is 0 Å². The summed E-state index contributed by atoms with van der Waals surface area (Å²) in [5.74, 6) is 1.70. The van der Waals surface area contributed by atoms with E-state index in [0.29, 0.717) is 0 Å². The first-order valence-electron chi connectivity index (χ1n) is 7.74. The van der Waals surface area contributed by atoms with E-state index in [0.717, 1.165) is 40.5 Å². The summed E-state index contributed by atoms with van der Waals surface area (Å²) in [6.07, 6.45) is 2.89. The molecule has 2 aromatic rings. The molecule has 0 aromatic heterocycles. The van der Waals surface area contributed by atoms with E-state index in [1.165, 1.54) is 0 Å². The Hall–Kier alpha value is -2.55. The van der Waals surface area contributed by atoms with Crippen molar-refractivity contribution in [2.75, 3.05) is 14.2 Å². The van der Waals surface area contributed by atoms with Crippen LogP contribution >= 0.6 is 0 Å². The molecule has 120 valence electrons. The van der Waals surface area contributed by atoms with Crippen molar-refractivity contribution < 1.29 is 9.47 Å². The Kier molecular flexibility index (Phi) is 5.98. The van der Waals surface area contributed by atoms with Crippen LogP contribution in [0.2, 0.25) is 0 Å². The molecular formula is C20H23NO2. The number of ether oxygens (including phenoxy) is 2. The lowest BCUT2D eigenvalue weighted by Crippen LogP contribution is -2.00. The number of allylic oxidation sites excluding steroid dienone is 1. The number of nitrogens with zero attached hydrogens (tertiary/aromatic N) is 1. The molecule has 2 aromatic carbocycles. The standard InChI is InChI=1S/C20H23NO2/c1-5-19(15-7-11-17(22-3)12-8-15)21-20(6-2)16-9-13-18(23-4)14-10-16/h5,7-14H,6H2,1-4H3/b19-5-,21-20?. The molecule has 0 atom stereocenters. The van der Waals surface area contributed by atoms with Gasteiger partial charge in [0.15, 0.2) is 0 Å². The van der Waals surface area contributed by atoms with E-state index < -0.39 is 0 Å². The molecule has 23 heavy (non-hydrogen) atoms. The molecule has 0 fully saturated rings. The van der Waals surface area contributed by atoms with Gasteiger partial charge in [0.2, 0.25) is 0 Å². The van der Waals surface area contributed by atoms with Crippen molar-refractivity contribution in [3.8, 4) is 11.5 Å². The van der Waals surface area contributed by atoms with E-state index in [1.807, 2.05) is 61.5 Å². The molecule has 0 aliphatic rings. The van der Waals surface area contributed by atoms with Crippen LogP contribution < -0.4 is 9.47 Å². The maximum Gasteiger partial charge on any atom is 0.118 e. The monoisotopic (exact) mass is 309 g/mol. The molecular weight excluding hydrogens is 286 g/mol. The van der Waals surface area contributed by atoms with Gasteiger partial charge in [-0.15, -0.1) is 0 Å². The number of rotatable bonds is 6. The predicted molar refractivity (Wildman–Crippen MR) is 96.5 cm³/mol. The number of methoxy groups -OCH3 is 2. The number of aliphatic imine (C=N–C) groups is 1. The Bertz CT molecular complexity index is 683. The van der Waals surface area contributed by atoms with E-state index in [-0.39, 0.29) is 0 Å². The summed E-state index contributed by atoms with van der Waals surface area (Å²) >= 11 is 0. The predicted octanol–water partition coefficient (Wildman–Crippen LogP) is 4.96. The molecule has 3 nitrogen and oxygen atoms in total. The molecule has 0 bridgehead atoms. The maximum atomic E-state index is 5.21. The second kappa shape index (κ2) is 8.18. The van der Waals surface area contributed by atoms with Crippen molar-refractivity contribution in [2.45, 2.75) is 20.3 Å². The molecule has 2 rings (SSSR count). The zero-order valence-electron chi connectivity index (χ0n) is 14.2. The van der Waals surface area contributed by atoms with E-state index in [9.17, 15) is 0 Å². The van der Waals surface area contributed by atoms with Crippen molar-refractivity contribution in [3.05, 3.63) is 65.7 Å². The lowest BCUT2D eigenvalue weighted by molar-refractivity contribution is 0.414. The van der Waals surface area contributed by atoms with Gasteiger partial charge in [-0.3, -0.25) is 4.99 Å². The highest BCUT2D eigenvalue weighted by molar-refractivity contribution is 6.03. The van der Waals surface area contributed by atoms with Gasteiger partial charge in [-0.25, -0.2) is 0 Å². The van der Waals surface area contributed by atoms with E-state index >= 15 is 0 Å². The smallest absolute Gasteiger partial charge is 0.118 e. The lowest BCUT2D eigenvalue weighted by atomic mass is 10.1. The highest BCUT2D eigenvalue weighted by atomic mass is 16.5. The highest BCUT2D eigenvalue weighted by Gasteiger charge is 2.05. The second-order valence-electron chi connectivity index (χ2n) is 5.04. The average molecular weight is 309 g/mol. The van der Waals surface area contributed by atoms with Crippen LogP contribution in [-0.4, -0.2) is 19.9 Å². The van der Waals surface area contributed by atoms with Gasteiger partial charge in [0.1, 0.15) is 11.5 Å². The van der Waals surface area contributed by atoms with Gasteiger partial charge in [0.05, 0.1) is 19.9 Å². The van der Waals surface area contributed by atoms with Crippen molar-refractivity contribution in [1.29, 1.82) is 0 Å². The van der Waals surface area contributed by atoms with Gasteiger partial charge in [-0.1, -0.05) is 13.0 Å². The van der Waals surface area contributed by atoms with Crippen molar-refractivity contribution in [3.63, 3.8) is 0 Å². The fourth-order valence-corrected chi connectivity index (χ4v) is 2.33. The number of benzene rings is 2. The van der Waals surface area contributed by atoms with Crippen LogP contribution in [0.1, 0.15) is 31.4 Å². The summed E-state index contributed by atoms with van der Waals surface area (Å²) in [7, 11) is 3.34. The van der Waals surface area contributed by atoms with Gasteiger partial charge in [-0.2, -0.15) is 0 Å². The molecule has 0 unspecified atom stereocenters. The minimum absolute atomic E-state index is 0.846. The van der Waals surface area contributed by atoms with Crippen molar-refractivity contribution in [2.24, 2.45) is 4.99 Å². The van der Waals surface area contributed by atoms with E-state index in [1.54, 1.807) is 14.2 Å². The molecule has 0 saturated carbocycles. The molecule has 0 heterocycles. The van der Waals surface area contributed by atoms with E-state index in [4.69, 9.17) is 14.5 Å². The van der Waals surface area contributed by atoms with Gasteiger partial charge >= 0.3 is 0 Å². The van der Waals surface area contributed by atoms with Crippen LogP contribution in [0.25, 0.3) is 5.70 Å². The van der Waals surface area contributed by atoms with Crippen molar-refractivity contribution >= 4 is 11.4 Å². The number of hydrogen-bond acceptors (Lipinski definition) is 3. The first kappa shape index (κ1) is 16.8. The van der Waals surface area contributed by atoms with Crippen LogP contribution in [0.4, 0.5) is 0 Å². The highest BCUT2D eigenvalue weighted by Crippen LogP contribution is 2.22. The van der Waals surface area contributed by atoms with Crippen LogP contribution in [0.3, 0.4) is 0 Å². The fourth-order valence-electron chi connectivity index (χ4n) is 2.33. The lowest BCUT2D eigenvalue weighted by Gasteiger charge is -2.09. The van der Waals surface area contributed by atoms with Crippen LogP contribution in [0.5, 0.6) is 11.5 Å². The zero-order chi connectivity index (χ0) is 16.7. The van der Waals surface area contributed by atoms with Crippen molar-refractivity contribution in [1.82, 2.24) is 0 Å². The Morgan fingerprint density at radius 1 is 0.870 bits per heavy atom. The summed E-state index contributed by atoms with van der Waals surface area (Å²) in [5.41, 5.74) is 4.20. The topological polar surface area (TPSA) is 30.8 Å². The van der Waals surface area contributed by atoms with Gasteiger partial charge < -0.3 is 9.47 Å². The third-order valence-electron chi connectivity index (χ3n) is 3.67. The molecule has 0 N–H and O–H groups in total. The summed E-state index contributed by atoms with van der Waals surface area (Å²) in [6, 6.07) is 16.0. The maximum absolute atomic E-state index is 5.21. The SMILES string of the molecule is C/C=C(\N=C(CC)c1ccc(OC)cc1)c1ccc(OC)cc1. The zero-order valence-corrected chi connectivity index (χ0v) is 14.2. The third kappa shape index (κ3) is 4.22. The average Bonchev–Trinajstić information content (AvgIpc) is 2.63. The molecule has 0 aliphatic carbocycles. The molecule has 3 heteroatoms. The summed E-state index contributed by atoms with van der Waals surface area (Å²) in [4.78, 5) is 4.86. The van der Waals surface area contributed by atoms with Gasteiger partial charge in [0.25, 0.3) is 0 Å². The summed E-state index contributed by atoms with van der Waals surface area (Å²) in [5, 5.41) is 0. The quantitative estimate of drug-likeness (QED) is 0.706. The first-order chi connectivity index (χ1) is 11.2. The van der Waals surface area contributed by atoms with Crippen LogP contribution in [0.15, 0.2) is 59.6 Å². The molecule has 0 aliphatic heterocycles. The Morgan fingerprint density at radius 2 is 1.35 bits per heavy atom. The van der Waals surface area contributed by atoms with Crippen LogP contribution in [-0.2, 0) is 0 Å². The Labute approximate surface area is 138 Å². The fraction of sp³-hybridized carbons (Fsp3) is 0.250. The largest absolute Gasteiger partial charge is 0.497 e. The first-order valence-corrected chi connectivity index (χ1v) is 7.74. The Balaban J connectivity index is 2.32. The summed E-state index contributed by atoms with van der Waals surface area (Å²) < 4.78 is 10.4. The molecule has 0 radical (unpaired) electrons. The minimum atomic E-state index is 0.846. The minimum Gasteiger partial charge on any atom is -0.497 e. The van der Waals surface area contributed by atoms with Gasteiger partial charge in [-0.05, 0) is 67.4 Å². The normalized spacial score (nSPS) is 12.2. The molecule has 0 saturated heterocycles. The number of hydrogen-bond donors (Lipinski definition) is 0.